The molecular formula is C14H27N3O3S. The Morgan fingerprint density at radius 2 is 1.76 bits per heavy atom. The van der Waals surface area contributed by atoms with Crippen molar-refractivity contribution in [2.24, 2.45) is 0 Å². The van der Waals surface area contributed by atoms with Crippen LogP contribution < -0.4 is 0 Å². The largest absolute Gasteiger partial charge is 0.444 e. The summed E-state index contributed by atoms with van der Waals surface area (Å²) in [6, 6.07) is 0.120. The second-order valence-corrected chi connectivity index (χ2v) is 9.39. The second-order valence-electron chi connectivity index (χ2n) is 7.01. The molecule has 0 spiro atoms. The lowest BCUT2D eigenvalue weighted by molar-refractivity contribution is 0.0183. The summed E-state index contributed by atoms with van der Waals surface area (Å²) >= 11 is 0. The molecule has 1 saturated carbocycles. The van der Waals surface area contributed by atoms with E-state index in [2.05, 4.69) is 0 Å². The minimum Gasteiger partial charge on any atom is -0.444 e. The summed E-state index contributed by atoms with van der Waals surface area (Å²) in [7, 11) is -0.840. The first kappa shape index (κ1) is 16.5. The fourth-order valence-electron chi connectivity index (χ4n) is 2.58. The first-order chi connectivity index (χ1) is 9.61. The van der Waals surface area contributed by atoms with Gasteiger partial charge in [0, 0.05) is 26.2 Å². The van der Waals surface area contributed by atoms with Crippen LogP contribution in [0.2, 0.25) is 0 Å². The first-order valence-corrected chi connectivity index (χ1v) is 9.17. The van der Waals surface area contributed by atoms with E-state index in [0.717, 1.165) is 25.7 Å². The Hall–Kier alpha value is -0.820. The zero-order valence-electron chi connectivity index (χ0n) is 13.4. The van der Waals surface area contributed by atoms with E-state index in [9.17, 15) is 9.00 Å². The number of amides is 1. The van der Waals surface area contributed by atoms with Crippen LogP contribution in [0, 0.1) is 4.78 Å². The number of rotatable bonds is 3. The Kier molecular flexibility index (Phi) is 4.54. The van der Waals surface area contributed by atoms with Crippen LogP contribution in [-0.4, -0.2) is 56.5 Å². The molecule has 7 heteroatoms. The van der Waals surface area contributed by atoms with Crippen molar-refractivity contribution in [3.8, 4) is 0 Å². The summed E-state index contributed by atoms with van der Waals surface area (Å²) in [6.45, 7) is 6.77. The average molecular weight is 317 g/mol. The molecule has 1 amide bonds. The highest BCUT2D eigenvalue weighted by atomic mass is 32.2. The third-order valence-electron chi connectivity index (χ3n) is 4.03. The highest BCUT2D eigenvalue weighted by Crippen LogP contribution is 2.33. The summed E-state index contributed by atoms with van der Waals surface area (Å²) in [4.78, 5) is 13.7. The maximum atomic E-state index is 12.4. The molecule has 0 bridgehead atoms. The molecule has 0 aromatic rings. The van der Waals surface area contributed by atoms with Crippen molar-refractivity contribution in [1.82, 2.24) is 9.21 Å². The van der Waals surface area contributed by atoms with Gasteiger partial charge in [0.1, 0.15) is 15.5 Å². The van der Waals surface area contributed by atoms with E-state index in [4.69, 9.17) is 9.52 Å². The van der Waals surface area contributed by atoms with Crippen molar-refractivity contribution in [3.05, 3.63) is 0 Å². The van der Waals surface area contributed by atoms with Crippen molar-refractivity contribution >= 4 is 16.0 Å². The second kappa shape index (κ2) is 5.76. The third-order valence-corrected chi connectivity index (χ3v) is 6.56. The maximum absolute atomic E-state index is 12.4. The predicted octanol–water partition coefficient (Wildman–Crippen LogP) is 2.44. The molecule has 0 aromatic heterocycles. The zero-order valence-corrected chi connectivity index (χ0v) is 14.2. The van der Waals surface area contributed by atoms with Crippen molar-refractivity contribution in [2.75, 3.05) is 20.1 Å². The number of ether oxygens (including phenoxy) is 1. The summed E-state index contributed by atoms with van der Waals surface area (Å²) < 4.78 is 27.6. The molecule has 2 rings (SSSR count). The number of hydrogen-bond acceptors (Lipinski definition) is 4. The van der Waals surface area contributed by atoms with Crippen molar-refractivity contribution < 1.29 is 13.7 Å². The molecule has 0 aromatic carbocycles. The Bertz CT molecular complexity index is 486. The SMILES string of the molecule is CN(C1CCN(C(=O)OC(C)(C)C)CC1)S(=N)(=O)C1CC1. The normalized spacial score (nSPS) is 24.0. The molecular weight excluding hydrogens is 290 g/mol. The van der Waals surface area contributed by atoms with E-state index in [0.29, 0.717) is 13.1 Å². The quantitative estimate of drug-likeness (QED) is 0.869. The van der Waals surface area contributed by atoms with Crippen LogP contribution in [0.15, 0.2) is 0 Å². The number of carbonyl (C=O) groups is 1. The molecule has 2 fully saturated rings. The van der Waals surface area contributed by atoms with E-state index in [1.54, 1.807) is 16.3 Å². The minimum absolute atomic E-state index is 0.0476. The Morgan fingerprint density at radius 1 is 1.24 bits per heavy atom. The smallest absolute Gasteiger partial charge is 0.410 e. The molecule has 1 unspecified atom stereocenters. The minimum atomic E-state index is -2.63. The summed E-state index contributed by atoms with van der Waals surface area (Å²) in [5.74, 6) is 0. The maximum Gasteiger partial charge on any atom is 0.410 e. The van der Waals surface area contributed by atoms with Gasteiger partial charge in [0.2, 0.25) is 0 Å². The zero-order chi connectivity index (χ0) is 15.8. The number of nitrogens with one attached hydrogen (secondary N) is 1. The summed E-state index contributed by atoms with van der Waals surface area (Å²) in [5.41, 5.74) is -0.480. The first-order valence-electron chi connectivity index (χ1n) is 7.60. The highest BCUT2D eigenvalue weighted by molar-refractivity contribution is 7.91. The molecule has 2 aliphatic rings. The number of hydrogen-bond donors (Lipinski definition) is 1. The molecule has 1 heterocycles. The van der Waals surface area contributed by atoms with Gasteiger partial charge in [0.05, 0.1) is 5.25 Å². The monoisotopic (exact) mass is 317 g/mol. The molecule has 1 aliphatic carbocycles. The number of carbonyl (C=O) groups excluding carboxylic acids is 1. The molecule has 0 radical (unpaired) electrons. The van der Waals surface area contributed by atoms with Gasteiger partial charge >= 0.3 is 6.09 Å². The molecule has 1 aliphatic heterocycles. The van der Waals surface area contributed by atoms with E-state index in [1.807, 2.05) is 20.8 Å². The number of likely N-dealkylation sites (tertiary alicyclic amines) is 1. The summed E-state index contributed by atoms with van der Waals surface area (Å²) in [5, 5.41) is 0.0476. The van der Waals surface area contributed by atoms with Gasteiger partial charge in [-0.2, -0.15) is 0 Å². The van der Waals surface area contributed by atoms with Gasteiger partial charge in [0.15, 0.2) is 0 Å². The van der Waals surface area contributed by atoms with Crippen molar-refractivity contribution in [1.29, 1.82) is 4.78 Å². The number of nitrogens with zero attached hydrogens (tertiary/aromatic N) is 2. The fraction of sp³-hybridized carbons (Fsp3) is 0.929. The van der Waals surface area contributed by atoms with Gasteiger partial charge < -0.3 is 9.64 Å². The topological polar surface area (TPSA) is 73.7 Å². The lowest BCUT2D eigenvalue weighted by Crippen LogP contribution is -2.48. The van der Waals surface area contributed by atoms with Crippen LogP contribution in [0.3, 0.4) is 0 Å². The van der Waals surface area contributed by atoms with Gasteiger partial charge in [-0.3, -0.25) is 0 Å². The van der Waals surface area contributed by atoms with Crippen LogP contribution in [0.1, 0.15) is 46.5 Å². The van der Waals surface area contributed by atoms with Gasteiger partial charge in [-0.05, 0) is 46.5 Å². The van der Waals surface area contributed by atoms with Crippen LogP contribution in [0.5, 0.6) is 0 Å². The highest BCUT2D eigenvalue weighted by Gasteiger charge is 2.39. The van der Waals surface area contributed by atoms with Gasteiger partial charge in [-0.25, -0.2) is 18.1 Å². The Morgan fingerprint density at radius 3 is 2.19 bits per heavy atom. The summed E-state index contributed by atoms with van der Waals surface area (Å²) in [6.07, 6.45) is 3.03. The Labute approximate surface area is 127 Å². The molecule has 21 heavy (non-hydrogen) atoms. The van der Waals surface area contributed by atoms with Crippen LogP contribution in [0.25, 0.3) is 0 Å². The predicted molar refractivity (Wildman–Crippen MR) is 82.5 cm³/mol. The van der Waals surface area contributed by atoms with E-state index in [-0.39, 0.29) is 17.4 Å². The van der Waals surface area contributed by atoms with E-state index < -0.39 is 15.5 Å². The molecule has 122 valence electrons. The molecule has 1 saturated heterocycles. The van der Waals surface area contributed by atoms with Crippen LogP contribution in [0.4, 0.5) is 4.79 Å². The Balaban J connectivity index is 1.87. The molecule has 6 nitrogen and oxygen atoms in total. The molecule has 1 atom stereocenters. The molecule has 1 N–H and O–H groups in total. The third kappa shape index (κ3) is 4.10. The van der Waals surface area contributed by atoms with Gasteiger partial charge in [0.25, 0.3) is 0 Å². The lowest BCUT2D eigenvalue weighted by atomic mass is 10.1. The van der Waals surface area contributed by atoms with E-state index >= 15 is 0 Å². The van der Waals surface area contributed by atoms with Crippen LogP contribution in [-0.2, 0) is 14.7 Å². The van der Waals surface area contributed by atoms with Crippen molar-refractivity contribution in [2.45, 2.75) is 63.3 Å². The number of piperidine rings is 1. The van der Waals surface area contributed by atoms with E-state index in [1.165, 1.54) is 0 Å². The van der Waals surface area contributed by atoms with Crippen molar-refractivity contribution in [3.63, 3.8) is 0 Å². The standard InChI is InChI=1S/C14H27N3O3S/c1-14(2,3)20-13(18)17-9-7-11(8-10-17)16(4)21(15,19)12-5-6-12/h11-12,15H,5-10H2,1-4H3. The van der Waals surface area contributed by atoms with Gasteiger partial charge in [-0.15, -0.1) is 0 Å². The fourth-order valence-corrected chi connectivity index (χ4v) is 4.48. The average Bonchev–Trinajstić information content (AvgIpc) is 3.20. The van der Waals surface area contributed by atoms with Crippen LogP contribution >= 0.6 is 0 Å². The lowest BCUT2D eigenvalue weighted by Gasteiger charge is -2.37. The van der Waals surface area contributed by atoms with Gasteiger partial charge in [-0.1, -0.05) is 0 Å².